The van der Waals surface area contributed by atoms with E-state index in [0.29, 0.717) is 22.4 Å². The number of benzene rings is 1. The second-order valence-electron chi connectivity index (χ2n) is 2.53. The van der Waals surface area contributed by atoms with Crippen molar-refractivity contribution in [3.05, 3.63) is 34.3 Å². The average molecular weight is 207 g/mol. The van der Waals surface area contributed by atoms with Crippen molar-refractivity contribution in [1.82, 2.24) is 0 Å². The number of rotatable bonds is 2. The van der Waals surface area contributed by atoms with E-state index in [9.17, 15) is 9.59 Å². The third-order valence-corrected chi connectivity index (χ3v) is 1.85. The Kier molecular flexibility index (Phi) is 3.90. The van der Waals surface area contributed by atoms with Crippen molar-refractivity contribution in [2.24, 2.45) is 0 Å². The average Bonchev–Trinajstić information content (AvgIpc) is 2.20. The van der Waals surface area contributed by atoms with Crippen molar-refractivity contribution >= 4 is 24.2 Å². The SMILES string of the molecule is O=CCC#Cc1ccc(C=O)cc1Cl. The van der Waals surface area contributed by atoms with E-state index in [4.69, 9.17) is 11.6 Å². The van der Waals surface area contributed by atoms with Crippen LogP contribution in [0.15, 0.2) is 18.2 Å². The lowest BCUT2D eigenvalue weighted by molar-refractivity contribution is -0.107. The minimum absolute atomic E-state index is 0.186. The van der Waals surface area contributed by atoms with Crippen LogP contribution >= 0.6 is 11.6 Å². The second-order valence-corrected chi connectivity index (χ2v) is 2.94. The van der Waals surface area contributed by atoms with Gasteiger partial charge in [-0.3, -0.25) is 4.79 Å². The fraction of sp³-hybridized carbons (Fsp3) is 0.0909. The zero-order valence-electron chi connectivity index (χ0n) is 7.29. The molecule has 0 amide bonds. The lowest BCUT2D eigenvalue weighted by Crippen LogP contribution is -1.82. The smallest absolute Gasteiger partial charge is 0.150 e. The van der Waals surface area contributed by atoms with Crippen LogP contribution in [-0.2, 0) is 4.79 Å². The quantitative estimate of drug-likeness (QED) is 0.549. The highest BCUT2D eigenvalue weighted by molar-refractivity contribution is 6.32. The van der Waals surface area contributed by atoms with E-state index in [-0.39, 0.29) is 6.42 Å². The molecule has 0 fully saturated rings. The van der Waals surface area contributed by atoms with Crippen LogP contribution in [0.4, 0.5) is 0 Å². The summed E-state index contributed by atoms with van der Waals surface area (Å²) in [5.41, 5.74) is 1.13. The minimum atomic E-state index is 0.186. The van der Waals surface area contributed by atoms with Crippen LogP contribution in [0.2, 0.25) is 5.02 Å². The van der Waals surface area contributed by atoms with Crippen molar-refractivity contribution in [3.63, 3.8) is 0 Å². The summed E-state index contributed by atoms with van der Waals surface area (Å²) in [6, 6.07) is 4.83. The first-order valence-electron chi connectivity index (χ1n) is 3.95. The maximum atomic E-state index is 10.4. The van der Waals surface area contributed by atoms with Crippen molar-refractivity contribution in [3.8, 4) is 11.8 Å². The first kappa shape index (κ1) is 10.5. The Bertz CT molecular complexity index is 413. The first-order chi connectivity index (χ1) is 6.77. The third kappa shape index (κ3) is 2.72. The van der Waals surface area contributed by atoms with Crippen LogP contribution in [0, 0.1) is 11.8 Å². The molecule has 0 unspecified atom stereocenters. The molecule has 0 radical (unpaired) electrons. The molecule has 14 heavy (non-hydrogen) atoms. The van der Waals surface area contributed by atoms with Gasteiger partial charge in [-0.1, -0.05) is 29.5 Å². The predicted molar refractivity (Wildman–Crippen MR) is 54.4 cm³/mol. The van der Waals surface area contributed by atoms with Crippen molar-refractivity contribution in [2.75, 3.05) is 0 Å². The van der Waals surface area contributed by atoms with Crippen LogP contribution in [0.5, 0.6) is 0 Å². The number of hydrogen-bond acceptors (Lipinski definition) is 2. The number of halogens is 1. The Morgan fingerprint density at radius 3 is 2.71 bits per heavy atom. The molecule has 0 N–H and O–H groups in total. The second kappa shape index (κ2) is 5.21. The summed E-state index contributed by atoms with van der Waals surface area (Å²) >= 11 is 5.84. The third-order valence-electron chi connectivity index (χ3n) is 1.54. The fourth-order valence-electron chi connectivity index (χ4n) is 0.894. The summed E-state index contributed by atoms with van der Waals surface area (Å²) in [7, 11) is 0. The fourth-order valence-corrected chi connectivity index (χ4v) is 1.13. The standard InChI is InChI=1S/C11H7ClO2/c12-11-7-9(8-14)4-5-10(11)3-1-2-6-13/h4-8H,2H2. The van der Waals surface area contributed by atoms with E-state index in [2.05, 4.69) is 11.8 Å². The predicted octanol–water partition coefficient (Wildman–Crippen LogP) is 2.09. The van der Waals surface area contributed by atoms with Gasteiger partial charge in [0.15, 0.2) is 0 Å². The van der Waals surface area contributed by atoms with Gasteiger partial charge in [-0.25, -0.2) is 0 Å². The van der Waals surface area contributed by atoms with E-state index >= 15 is 0 Å². The summed E-state index contributed by atoms with van der Waals surface area (Å²) in [6.45, 7) is 0. The van der Waals surface area contributed by atoms with Gasteiger partial charge in [-0.15, -0.1) is 0 Å². The van der Waals surface area contributed by atoms with Gasteiger partial charge >= 0.3 is 0 Å². The summed E-state index contributed by atoms with van der Waals surface area (Å²) < 4.78 is 0. The van der Waals surface area contributed by atoms with Gasteiger partial charge < -0.3 is 4.79 Å². The molecule has 0 atom stereocenters. The molecule has 0 aliphatic rings. The van der Waals surface area contributed by atoms with Crippen LogP contribution in [-0.4, -0.2) is 12.6 Å². The molecular formula is C11H7ClO2. The summed E-state index contributed by atoms with van der Waals surface area (Å²) in [4.78, 5) is 20.4. The van der Waals surface area contributed by atoms with E-state index in [1.165, 1.54) is 0 Å². The van der Waals surface area contributed by atoms with E-state index < -0.39 is 0 Å². The molecule has 0 saturated carbocycles. The zero-order valence-corrected chi connectivity index (χ0v) is 8.04. The Morgan fingerprint density at radius 2 is 2.14 bits per heavy atom. The molecule has 1 aromatic rings. The zero-order chi connectivity index (χ0) is 10.4. The molecule has 0 bridgehead atoms. The monoisotopic (exact) mass is 206 g/mol. The molecule has 0 saturated heterocycles. The van der Waals surface area contributed by atoms with Gasteiger partial charge in [0.25, 0.3) is 0 Å². The summed E-state index contributed by atoms with van der Waals surface area (Å²) in [6.07, 6.45) is 1.63. The Balaban J connectivity index is 2.96. The van der Waals surface area contributed by atoms with E-state index in [1.807, 2.05) is 0 Å². The highest BCUT2D eigenvalue weighted by Crippen LogP contribution is 2.15. The molecule has 1 rings (SSSR count). The Hall–Kier alpha value is -1.59. The lowest BCUT2D eigenvalue weighted by atomic mass is 10.1. The Morgan fingerprint density at radius 1 is 1.36 bits per heavy atom. The van der Waals surface area contributed by atoms with Gasteiger partial charge in [0.1, 0.15) is 12.6 Å². The van der Waals surface area contributed by atoms with Crippen LogP contribution in [0.25, 0.3) is 0 Å². The summed E-state index contributed by atoms with van der Waals surface area (Å²) in [5.74, 6) is 5.37. The van der Waals surface area contributed by atoms with Gasteiger partial charge in [-0.2, -0.15) is 0 Å². The highest BCUT2D eigenvalue weighted by Gasteiger charge is 1.97. The molecule has 0 aliphatic carbocycles. The number of hydrogen-bond donors (Lipinski definition) is 0. The maximum absolute atomic E-state index is 10.4. The van der Waals surface area contributed by atoms with Crippen LogP contribution in [0.1, 0.15) is 22.3 Å². The lowest BCUT2D eigenvalue weighted by Gasteiger charge is -1.95. The van der Waals surface area contributed by atoms with Gasteiger partial charge in [0.2, 0.25) is 0 Å². The first-order valence-corrected chi connectivity index (χ1v) is 4.33. The minimum Gasteiger partial charge on any atom is -0.302 e. The maximum Gasteiger partial charge on any atom is 0.150 e. The number of carbonyl (C=O) groups excluding carboxylic acids is 2. The van der Waals surface area contributed by atoms with Gasteiger partial charge in [-0.05, 0) is 12.1 Å². The van der Waals surface area contributed by atoms with Crippen LogP contribution < -0.4 is 0 Å². The number of aldehydes is 2. The molecule has 0 aromatic heterocycles. The van der Waals surface area contributed by atoms with Gasteiger partial charge in [0.05, 0.1) is 11.4 Å². The molecule has 70 valence electrons. The van der Waals surface area contributed by atoms with E-state index in [1.54, 1.807) is 18.2 Å². The number of carbonyl (C=O) groups is 2. The van der Waals surface area contributed by atoms with E-state index in [0.717, 1.165) is 6.29 Å². The van der Waals surface area contributed by atoms with Gasteiger partial charge in [0, 0.05) is 11.1 Å². The molecule has 2 nitrogen and oxygen atoms in total. The topological polar surface area (TPSA) is 34.1 Å². The molecule has 0 aliphatic heterocycles. The highest BCUT2D eigenvalue weighted by atomic mass is 35.5. The van der Waals surface area contributed by atoms with Crippen molar-refractivity contribution < 1.29 is 9.59 Å². The normalized spacial score (nSPS) is 8.64. The summed E-state index contributed by atoms with van der Waals surface area (Å²) in [5, 5.41) is 0.424. The molecular weight excluding hydrogens is 200 g/mol. The van der Waals surface area contributed by atoms with Crippen molar-refractivity contribution in [1.29, 1.82) is 0 Å². The van der Waals surface area contributed by atoms with Crippen LogP contribution in [0.3, 0.4) is 0 Å². The molecule has 0 heterocycles. The Labute approximate surface area is 86.9 Å². The molecule has 1 aromatic carbocycles. The molecule has 0 spiro atoms. The molecule has 3 heteroatoms. The van der Waals surface area contributed by atoms with Crippen molar-refractivity contribution in [2.45, 2.75) is 6.42 Å². The largest absolute Gasteiger partial charge is 0.302 e.